The molecule has 0 saturated heterocycles. The van der Waals surface area contributed by atoms with Crippen molar-refractivity contribution in [3.63, 3.8) is 0 Å². The van der Waals surface area contributed by atoms with Crippen molar-refractivity contribution in [2.24, 2.45) is 17.6 Å². The fourth-order valence-corrected chi connectivity index (χ4v) is 4.21. The van der Waals surface area contributed by atoms with Crippen LogP contribution in [0.1, 0.15) is 32.6 Å². The lowest BCUT2D eigenvalue weighted by Gasteiger charge is -2.27. The molecule has 0 heterocycles. The Hall–Kier alpha value is -0.100. The molecule has 4 atom stereocenters. The van der Waals surface area contributed by atoms with E-state index in [2.05, 4.69) is 6.92 Å². The number of hydrogen-bond donors (Lipinski definition) is 1. The Morgan fingerprint density at radius 1 is 1.41 bits per heavy atom. The van der Waals surface area contributed by atoms with E-state index in [1.165, 1.54) is 0 Å². The van der Waals surface area contributed by atoms with Gasteiger partial charge >= 0.3 is 6.18 Å². The summed E-state index contributed by atoms with van der Waals surface area (Å²) in [6.45, 7) is 1.59. The van der Waals surface area contributed by atoms with Crippen molar-refractivity contribution >= 4 is 10.8 Å². The maximum absolute atomic E-state index is 12.5. The summed E-state index contributed by atoms with van der Waals surface area (Å²) in [6.07, 6.45) is -0.706. The number of alkyl halides is 3. The summed E-state index contributed by atoms with van der Waals surface area (Å²) in [5.74, 6) is -1.49. The van der Waals surface area contributed by atoms with Gasteiger partial charge in [0, 0.05) is 28.3 Å². The molecule has 17 heavy (non-hydrogen) atoms. The highest BCUT2D eigenvalue weighted by Crippen LogP contribution is 2.31. The first-order chi connectivity index (χ1) is 7.84. The van der Waals surface area contributed by atoms with Crippen molar-refractivity contribution in [1.29, 1.82) is 0 Å². The van der Waals surface area contributed by atoms with Crippen LogP contribution >= 0.6 is 0 Å². The molecule has 0 radical (unpaired) electrons. The third-order valence-electron chi connectivity index (χ3n) is 3.37. The summed E-state index contributed by atoms with van der Waals surface area (Å²) in [7, 11) is -1.40. The van der Waals surface area contributed by atoms with E-state index in [1.54, 1.807) is 0 Å². The zero-order valence-corrected chi connectivity index (χ0v) is 10.8. The van der Waals surface area contributed by atoms with Gasteiger partial charge in [0.15, 0.2) is 0 Å². The SMILES string of the molecule is CC1CCCC(S(=O)CC(CN)C(F)(F)F)C1. The zero-order chi connectivity index (χ0) is 13.1. The van der Waals surface area contributed by atoms with Gasteiger partial charge in [-0.25, -0.2) is 0 Å². The van der Waals surface area contributed by atoms with E-state index >= 15 is 0 Å². The van der Waals surface area contributed by atoms with Crippen molar-refractivity contribution in [1.82, 2.24) is 0 Å². The fourth-order valence-electron chi connectivity index (χ4n) is 2.25. The van der Waals surface area contributed by atoms with Gasteiger partial charge in [0.2, 0.25) is 0 Å². The summed E-state index contributed by atoms with van der Waals surface area (Å²) >= 11 is 0. The Kier molecular flexibility index (Phi) is 5.44. The normalized spacial score (nSPS) is 29.9. The van der Waals surface area contributed by atoms with Crippen LogP contribution in [0.3, 0.4) is 0 Å². The van der Waals surface area contributed by atoms with E-state index in [0.29, 0.717) is 5.92 Å². The van der Waals surface area contributed by atoms with E-state index in [1.807, 2.05) is 0 Å². The molecule has 0 aromatic rings. The Balaban J connectivity index is 2.52. The zero-order valence-electron chi connectivity index (χ0n) is 10.0. The van der Waals surface area contributed by atoms with E-state index in [-0.39, 0.29) is 11.0 Å². The maximum atomic E-state index is 12.5. The first-order valence-electron chi connectivity index (χ1n) is 5.98. The monoisotopic (exact) mass is 271 g/mol. The lowest BCUT2D eigenvalue weighted by Crippen LogP contribution is -2.37. The summed E-state index contributed by atoms with van der Waals surface area (Å²) in [5, 5.41) is -0.0739. The van der Waals surface area contributed by atoms with Crippen LogP contribution in [-0.2, 0) is 10.8 Å². The minimum absolute atomic E-state index is 0.0739. The molecule has 0 spiro atoms. The second-order valence-corrected chi connectivity index (χ2v) is 6.68. The van der Waals surface area contributed by atoms with Crippen LogP contribution in [0.4, 0.5) is 13.2 Å². The highest BCUT2D eigenvalue weighted by Gasteiger charge is 2.40. The van der Waals surface area contributed by atoms with Gasteiger partial charge in [-0.05, 0) is 18.8 Å². The highest BCUT2D eigenvalue weighted by molar-refractivity contribution is 7.85. The second-order valence-electron chi connectivity index (χ2n) is 4.92. The quantitative estimate of drug-likeness (QED) is 0.853. The summed E-state index contributed by atoms with van der Waals surface area (Å²) < 4.78 is 49.4. The molecular weight excluding hydrogens is 251 g/mol. The molecular formula is C11H20F3NOS. The summed E-state index contributed by atoms with van der Waals surface area (Å²) in [6, 6.07) is 0. The topological polar surface area (TPSA) is 43.1 Å². The van der Waals surface area contributed by atoms with Crippen LogP contribution in [0.15, 0.2) is 0 Å². The van der Waals surface area contributed by atoms with Gasteiger partial charge in [0.25, 0.3) is 0 Å². The summed E-state index contributed by atoms with van der Waals surface area (Å²) in [5.41, 5.74) is 5.11. The Morgan fingerprint density at radius 3 is 2.53 bits per heavy atom. The average molecular weight is 271 g/mol. The molecule has 4 unspecified atom stereocenters. The molecule has 1 rings (SSSR count). The Labute approximate surface area is 103 Å². The van der Waals surface area contributed by atoms with E-state index in [4.69, 9.17) is 5.73 Å². The van der Waals surface area contributed by atoms with Crippen molar-refractivity contribution in [2.75, 3.05) is 12.3 Å². The molecule has 0 aliphatic heterocycles. The third-order valence-corrected chi connectivity index (χ3v) is 5.28. The number of rotatable bonds is 4. The van der Waals surface area contributed by atoms with Gasteiger partial charge in [-0.1, -0.05) is 19.8 Å². The molecule has 2 N–H and O–H groups in total. The molecule has 0 aromatic carbocycles. The van der Waals surface area contributed by atoms with Gasteiger partial charge in [-0.15, -0.1) is 0 Å². The first-order valence-corrected chi connectivity index (χ1v) is 7.36. The van der Waals surface area contributed by atoms with Crippen LogP contribution in [0.25, 0.3) is 0 Å². The predicted molar refractivity (Wildman–Crippen MR) is 63.0 cm³/mol. The number of nitrogens with two attached hydrogens (primary N) is 1. The minimum atomic E-state index is -4.33. The van der Waals surface area contributed by atoms with Crippen molar-refractivity contribution < 1.29 is 17.4 Å². The minimum Gasteiger partial charge on any atom is -0.330 e. The number of hydrogen-bond acceptors (Lipinski definition) is 2. The second kappa shape index (κ2) is 6.18. The average Bonchev–Trinajstić information content (AvgIpc) is 2.23. The molecule has 0 amide bonds. The molecule has 2 nitrogen and oxygen atoms in total. The first kappa shape index (κ1) is 15.0. The lowest BCUT2D eigenvalue weighted by atomic mass is 9.91. The predicted octanol–water partition coefficient (Wildman–Crippen LogP) is 2.45. The molecule has 1 saturated carbocycles. The number of halogens is 3. The largest absolute Gasteiger partial charge is 0.393 e. The molecule has 1 aliphatic rings. The molecule has 1 aliphatic carbocycles. The van der Waals surface area contributed by atoms with Gasteiger partial charge in [-0.2, -0.15) is 13.2 Å². The van der Waals surface area contributed by atoms with Crippen LogP contribution < -0.4 is 5.73 Å². The molecule has 0 aromatic heterocycles. The van der Waals surface area contributed by atoms with Crippen LogP contribution in [0.2, 0.25) is 0 Å². The Morgan fingerprint density at radius 2 is 2.06 bits per heavy atom. The van der Waals surface area contributed by atoms with Gasteiger partial charge < -0.3 is 5.73 Å². The molecule has 6 heteroatoms. The van der Waals surface area contributed by atoms with Crippen molar-refractivity contribution in [3.8, 4) is 0 Å². The van der Waals surface area contributed by atoms with Crippen LogP contribution in [0.5, 0.6) is 0 Å². The van der Waals surface area contributed by atoms with E-state index in [9.17, 15) is 17.4 Å². The van der Waals surface area contributed by atoms with Gasteiger partial charge in [0.1, 0.15) is 0 Å². The standard InChI is InChI=1S/C11H20F3NOS/c1-8-3-2-4-10(5-8)17(16)7-9(6-15)11(12,13)14/h8-10H,2-7,15H2,1H3. The molecule has 102 valence electrons. The summed E-state index contributed by atoms with van der Waals surface area (Å²) in [4.78, 5) is 0. The van der Waals surface area contributed by atoms with Gasteiger partial charge in [0.05, 0.1) is 5.92 Å². The third kappa shape index (κ3) is 4.58. The van der Waals surface area contributed by atoms with E-state index in [0.717, 1.165) is 25.7 Å². The smallest absolute Gasteiger partial charge is 0.330 e. The van der Waals surface area contributed by atoms with Gasteiger partial charge in [-0.3, -0.25) is 4.21 Å². The molecule has 1 fully saturated rings. The highest BCUT2D eigenvalue weighted by atomic mass is 32.2. The Bertz CT molecular complexity index is 270. The van der Waals surface area contributed by atoms with Crippen LogP contribution in [0, 0.1) is 11.8 Å². The fraction of sp³-hybridized carbons (Fsp3) is 1.00. The lowest BCUT2D eigenvalue weighted by molar-refractivity contribution is -0.165. The van der Waals surface area contributed by atoms with Crippen molar-refractivity contribution in [2.45, 2.75) is 44.0 Å². The van der Waals surface area contributed by atoms with Crippen LogP contribution in [-0.4, -0.2) is 27.9 Å². The molecule has 0 bridgehead atoms. The maximum Gasteiger partial charge on any atom is 0.393 e. The van der Waals surface area contributed by atoms with E-state index < -0.39 is 29.4 Å². The van der Waals surface area contributed by atoms with Crippen molar-refractivity contribution in [3.05, 3.63) is 0 Å².